The number of benzene rings is 2. The lowest BCUT2D eigenvalue weighted by Gasteiger charge is -2.06. The fourth-order valence-electron chi connectivity index (χ4n) is 2.53. The van der Waals surface area contributed by atoms with Gasteiger partial charge in [-0.05, 0) is 42.0 Å². The van der Waals surface area contributed by atoms with Crippen molar-refractivity contribution in [3.05, 3.63) is 59.5 Å². The Bertz CT molecular complexity index is 985. The van der Waals surface area contributed by atoms with Crippen LogP contribution in [0.3, 0.4) is 0 Å². The van der Waals surface area contributed by atoms with Crippen LogP contribution in [-0.2, 0) is 20.7 Å². The van der Waals surface area contributed by atoms with E-state index in [1.54, 1.807) is 38.5 Å². The Morgan fingerprint density at radius 3 is 2.52 bits per heavy atom. The van der Waals surface area contributed by atoms with Gasteiger partial charge in [0.25, 0.3) is 5.91 Å². The van der Waals surface area contributed by atoms with Crippen LogP contribution in [0.2, 0.25) is 0 Å². The van der Waals surface area contributed by atoms with Crippen LogP contribution in [0.5, 0.6) is 11.5 Å². The number of methoxy groups -OCH3 is 2. The van der Waals surface area contributed by atoms with Crippen molar-refractivity contribution in [1.29, 1.82) is 0 Å². The summed E-state index contributed by atoms with van der Waals surface area (Å²) in [5.41, 5.74) is 2.40. The zero-order valence-corrected chi connectivity index (χ0v) is 16.8. The fraction of sp³-hybridized carbons (Fsp3) is 0.190. The van der Waals surface area contributed by atoms with Crippen LogP contribution in [0.25, 0.3) is 11.3 Å². The number of ether oxygens (including phenoxy) is 3. The molecule has 0 aliphatic carbocycles. The normalized spacial score (nSPS) is 10.3. The molecule has 3 aromatic rings. The molecule has 8 heteroatoms. The third kappa shape index (κ3) is 5.79. The van der Waals surface area contributed by atoms with Gasteiger partial charge in [0.2, 0.25) is 0 Å². The van der Waals surface area contributed by atoms with Gasteiger partial charge in [-0.25, -0.2) is 4.98 Å². The Morgan fingerprint density at radius 2 is 1.79 bits per heavy atom. The number of thiazole rings is 1. The van der Waals surface area contributed by atoms with Crippen LogP contribution in [0.4, 0.5) is 5.13 Å². The average molecular weight is 412 g/mol. The minimum Gasteiger partial charge on any atom is -0.497 e. The summed E-state index contributed by atoms with van der Waals surface area (Å²) in [4.78, 5) is 28.4. The van der Waals surface area contributed by atoms with Crippen LogP contribution in [0.15, 0.2) is 53.9 Å². The minimum atomic E-state index is -0.494. The van der Waals surface area contributed by atoms with Crippen molar-refractivity contribution in [2.45, 2.75) is 6.42 Å². The summed E-state index contributed by atoms with van der Waals surface area (Å²) < 4.78 is 15.3. The standard InChI is InChI=1S/C21H20N2O5S/c1-26-16-8-6-15(7-9-16)18-13-29-21(22-18)23-19(24)12-28-20(25)11-14-4-3-5-17(10-14)27-2/h3-10,13H,11-12H2,1-2H3,(H,22,23,24). The van der Waals surface area contributed by atoms with Crippen molar-refractivity contribution in [2.75, 3.05) is 26.1 Å². The highest BCUT2D eigenvalue weighted by Crippen LogP contribution is 2.26. The Balaban J connectivity index is 1.49. The minimum absolute atomic E-state index is 0.0589. The van der Waals surface area contributed by atoms with Gasteiger partial charge in [-0.3, -0.25) is 14.9 Å². The molecule has 7 nitrogen and oxygen atoms in total. The van der Waals surface area contributed by atoms with Gasteiger partial charge >= 0.3 is 5.97 Å². The maximum absolute atomic E-state index is 12.0. The maximum Gasteiger partial charge on any atom is 0.310 e. The lowest BCUT2D eigenvalue weighted by Crippen LogP contribution is -2.21. The van der Waals surface area contributed by atoms with Gasteiger partial charge in [-0.2, -0.15) is 0 Å². The van der Waals surface area contributed by atoms with Crippen molar-refractivity contribution < 1.29 is 23.8 Å². The molecule has 0 atom stereocenters. The van der Waals surface area contributed by atoms with E-state index in [0.717, 1.165) is 22.6 Å². The summed E-state index contributed by atoms with van der Waals surface area (Å²) in [5, 5.41) is 4.91. The first-order valence-electron chi connectivity index (χ1n) is 8.75. The molecule has 150 valence electrons. The summed E-state index contributed by atoms with van der Waals surface area (Å²) in [5.74, 6) is 0.476. The number of anilines is 1. The van der Waals surface area contributed by atoms with Crippen LogP contribution in [-0.4, -0.2) is 37.7 Å². The molecule has 0 bridgehead atoms. The van der Waals surface area contributed by atoms with E-state index in [-0.39, 0.29) is 13.0 Å². The molecule has 1 heterocycles. The first kappa shape index (κ1) is 20.3. The zero-order valence-electron chi connectivity index (χ0n) is 16.0. The molecule has 0 fully saturated rings. The van der Waals surface area contributed by atoms with E-state index in [0.29, 0.717) is 10.9 Å². The predicted molar refractivity (Wildman–Crippen MR) is 110 cm³/mol. The zero-order chi connectivity index (χ0) is 20.6. The maximum atomic E-state index is 12.0. The highest BCUT2D eigenvalue weighted by molar-refractivity contribution is 7.14. The third-order valence-corrected chi connectivity index (χ3v) is 4.74. The van der Waals surface area contributed by atoms with Crippen molar-refractivity contribution in [3.8, 4) is 22.8 Å². The first-order chi connectivity index (χ1) is 14.1. The summed E-state index contributed by atoms with van der Waals surface area (Å²) in [6.07, 6.45) is 0.0589. The summed E-state index contributed by atoms with van der Waals surface area (Å²) in [6, 6.07) is 14.6. The van der Waals surface area contributed by atoms with E-state index in [1.807, 2.05) is 29.6 Å². The Kier molecular flexibility index (Phi) is 6.80. The molecule has 0 saturated carbocycles. The van der Waals surface area contributed by atoms with E-state index in [9.17, 15) is 9.59 Å². The van der Waals surface area contributed by atoms with E-state index < -0.39 is 11.9 Å². The number of hydrogen-bond acceptors (Lipinski definition) is 7. The third-order valence-electron chi connectivity index (χ3n) is 3.98. The lowest BCUT2D eigenvalue weighted by atomic mass is 10.1. The van der Waals surface area contributed by atoms with Gasteiger partial charge in [-0.1, -0.05) is 12.1 Å². The number of hydrogen-bond donors (Lipinski definition) is 1. The molecule has 1 N–H and O–H groups in total. The summed E-state index contributed by atoms with van der Waals surface area (Å²) in [7, 11) is 3.16. The molecule has 0 unspecified atom stereocenters. The molecule has 0 spiro atoms. The molecular weight excluding hydrogens is 392 g/mol. The van der Waals surface area contributed by atoms with Gasteiger partial charge in [0.15, 0.2) is 11.7 Å². The van der Waals surface area contributed by atoms with Crippen molar-refractivity contribution >= 4 is 28.3 Å². The number of rotatable bonds is 8. The number of amides is 1. The predicted octanol–water partition coefficient (Wildman–Crippen LogP) is 3.55. The highest BCUT2D eigenvalue weighted by atomic mass is 32.1. The highest BCUT2D eigenvalue weighted by Gasteiger charge is 2.12. The number of carbonyl (C=O) groups is 2. The van der Waals surface area contributed by atoms with Gasteiger partial charge in [-0.15, -0.1) is 11.3 Å². The van der Waals surface area contributed by atoms with Crippen molar-refractivity contribution in [2.24, 2.45) is 0 Å². The molecule has 0 aliphatic heterocycles. The van der Waals surface area contributed by atoms with Gasteiger partial charge in [0.1, 0.15) is 11.5 Å². The van der Waals surface area contributed by atoms with Crippen LogP contribution >= 0.6 is 11.3 Å². The fourth-order valence-corrected chi connectivity index (χ4v) is 3.26. The summed E-state index contributed by atoms with van der Waals surface area (Å²) in [6.45, 7) is -0.375. The second-order valence-corrected chi connectivity index (χ2v) is 6.86. The van der Waals surface area contributed by atoms with Crippen LogP contribution in [0.1, 0.15) is 5.56 Å². The van der Waals surface area contributed by atoms with Crippen LogP contribution in [0, 0.1) is 0 Å². The van der Waals surface area contributed by atoms with E-state index in [4.69, 9.17) is 14.2 Å². The topological polar surface area (TPSA) is 86.8 Å². The van der Waals surface area contributed by atoms with Gasteiger partial charge < -0.3 is 14.2 Å². The molecule has 1 aromatic heterocycles. The first-order valence-corrected chi connectivity index (χ1v) is 9.63. The number of aromatic nitrogens is 1. The molecule has 29 heavy (non-hydrogen) atoms. The van der Waals surface area contributed by atoms with Crippen molar-refractivity contribution in [1.82, 2.24) is 4.98 Å². The second kappa shape index (κ2) is 9.70. The Labute approximate surface area is 172 Å². The quantitative estimate of drug-likeness (QED) is 0.570. The molecule has 2 aromatic carbocycles. The number of nitrogens with one attached hydrogen (secondary N) is 1. The molecule has 3 rings (SSSR count). The van der Waals surface area contributed by atoms with Gasteiger partial charge in [0.05, 0.1) is 26.3 Å². The monoisotopic (exact) mass is 412 g/mol. The van der Waals surface area contributed by atoms with Crippen molar-refractivity contribution in [3.63, 3.8) is 0 Å². The SMILES string of the molecule is COc1ccc(-c2csc(NC(=O)COC(=O)Cc3cccc(OC)c3)n2)cc1. The number of esters is 1. The molecule has 1 amide bonds. The molecular formula is C21H20N2O5S. The van der Waals surface area contributed by atoms with E-state index in [2.05, 4.69) is 10.3 Å². The Hall–Kier alpha value is -3.39. The number of nitrogens with zero attached hydrogens (tertiary/aromatic N) is 1. The Morgan fingerprint density at radius 1 is 1.03 bits per heavy atom. The van der Waals surface area contributed by atoms with E-state index >= 15 is 0 Å². The number of carbonyl (C=O) groups excluding carboxylic acids is 2. The largest absolute Gasteiger partial charge is 0.497 e. The molecule has 0 saturated heterocycles. The second-order valence-electron chi connectivity index (χ2n) is 6.00. The van der Waals surface area contributed by atoms with Crippen LogP contribution < -0.4 is 14.8 Å². The average Bonchev–Trinajstić information content (AvgIpc) is 3.21. The summed E-state index contributed by atoms with van der Waals surface area (Å²) >= 11 is 1.29. The van der Waals surface area contributed by atoms with Gasteiger partial charge in [0, 0.05) is 10.9 Å². The lowest BCUT2D eigenvalue weighted by molar-refractivity contribution is -0.146. The van der Waals surface area contributed by atoms with E-state index in [1.165, 1.54) is 11.3 Å². The molecule has 0 aliphatic rings. The smallest absolute Gasteiger partial charge is 0.310 e. The molecule has 0 radical (unpaired) electrons.